The van der Waals surface area contributed by atoms with Crippen molar-refractivity contribution < 1.29 is 9.90 Å². The van der Waals surface area contributed by atoms with Gasteiger partial charge in [0.05, 0.1) is 11.9 Å². The zero-order chi connectivity index (χ0) is 20.2. The maximum absolute atomic E-state index is 11.6. The summed E-state index contributed by atoms with van der Waals surface area (Å²) in [5.41, 5.74) is 0.837. The molecule has 11 heteroatoms. The standard InChI is InChI=1S/C19H28N8O2.ClH/c1-26-12-14(10-22-26)24-19-21-11-16(18(28)29)17(25-19)23-13-2-4-15(5-3-13)27-8-6-20-7-9-27;/h10-13,15,20H,2-9H2,1H3,(H,28,29)(H2,21,23,24,25);1H. The lowest BCUT2D eigenvalue weighted by Gasteiger charge is -2.39. The first-order valence-corrected chi connectivity index (χ1v) is 10.2. The Bertz CT molecular complexity index is 847. The predicted octanol–water partition coefficient (Wildman–Crippen LogP) is 1.70. The Balaban J connectivity index is 0.00000256. The molecule has 2 aliphatic rings. The van der Waals surface area contributed by atoms with Crippen LogP contribution in [0.5, 0.6) is 0 Å². The molecule has 0 bridgehead atoms. The molecule has 3 heterocycles. The van der Waals surface area contributed by atoms with Gasteiger partial charge in [-0.1, -0.05) is 0 Å². The average Bonchev–Trinajstić information content (AvgIpc) is 3.14. The lowest BCUT2D eigenvalue weighted by molar-refractivity contribution is 0.0697. The van der Waals surface area contributed by atoms with Crippen molar-refractivity contribution in [3.8, 4) is 0 Å². The van der Waals surface area contributed by atoms with Gasteiger partial charge in [0.1, 0.15) is 11.4 Å². The first-order chi connectivity index (χ1) is 14.1. The monoisotopic (exact) mass is 436 g/mol. The van der Waals surface area contributed by atoms with Crippen LogP contribution in [0.3, 0.4) is 0 Å². The molecular weight excluding hydrogens is 408 g/mol. The number of anilines is 3. The predicted molar refractivity (Wildman–Crippen MR) is 117 cm³/mol. The van der Waals surface area contributed by atoms with E-state index in [9.17, 15) is 9.90 Å². The molecule has 30 heavy (non-hydrogen) atoms. The number of hydrogen-bond acceptors (Lipinski definition) is 8. The second-order valence-electron chi connectivity index (χ2n) is 7.72. The molecular formula is C19H29ClN8O2. The molecule has 2 fully saturated rings. The minimum absolute atomic E-state index is 0. The molecule has 0 amide bonds. The number of nitrogens with zero attached hydrogens (tertiary/aromatic N) is 5. The van der Waals surface area contributed by atoms with Crippen molar-refractivity contribution in [3.05, 3.63) is 24.2 Å². The smallest absolute Gasteiger partial charge is 0.341 e. The molecule has 1 saturated carbocycles. The summed E-state index contributed by atoms with van der Waals surface area (Å²) < 4.78 is 1.67. The molecule has 10 nitrogen and oxygen atoms in total. The van der Waals surface area contributed by atoms with Gasteiger partial charge < -0.3 is 21.1 Å². The van der Waals surface area contributed by atoms with E-state index in [1.807, 2.05) is 7.05 Å². The lowest BCUT2D eigenvalue weighted by atomic mass is 9.89. The van der Waals surface area contributed by atoms with Crippen LogP contribution in [0.4, 0.5) is 17.5 Å². The molecule has 0 spiro atoms. The second kappa shape index (κ2) is 10.1. The number of halogens is 1. The van der Waals surface area contributed by atoms with Crippen LogP contribution in [0.1, 0.15) is 36.0 Å². The number of carbonyl (C=O) groups is 1. The van der Waals surface area contributed by atoms with Gasteiger partial charge in [-0.15, -0.1) is 12.4 Å². The number of aromatic carboxylic acids is 1. The molecule has 0 unspecified atom stereocenters. The van der Waals surface area contributed by atoms with Gasteiger partial charge in [-0.05, 0) is 25.7 Å². The molecule has 4 rings (SSSR count). The summed E-state index contributed by atoms with van der Waals surface area (Å²) in [7, 11) is 1.82. The first kappa shape index (κ1) is 22.3. The van der Waals surface area contributed by atoms with E-state index in [1.54, 1.807) is 17.1 Å². The second-order valence-corrected chi connectivity index (χ2v) is 7.72. The molecule has 0 radical (unpaired) electrons. The van der Waals surface area contributed by atoms with E-state index in [2.05, 4.69) is 35.9 Å². The van der Waals surface area contributed by atoms with Gasteiger partial charge in [0, 0.05) is 57.7 Å². The highest BCUT2D eigenvalue weighted by Gasteiger charge is 2.27. The third kappa shape index (κ3) is 5.38. The van der Waals surface area contributed by atoms with E-state index in [-0.39, 0.29) is 24.0 Å². The zero-order valence-corrected chi connectivity index (χ0v) is 17.9. The van der Waals surface area contributed by atoms with Crippen molar-refractivity contribution in [3.63, 3.8) is 0 Å². The van der Waals surface area contributed by atoms with Crippen LogP contribution in [0.2, 0.25) is 0 Å². The Kier molecular flexibility index (Phi) is 7.46. The fourth-order valence-electron chi connectivity index (χ4n) is 4.15. The summed E-state index contributed by atoms with van der Waals surface area (Å²) in [6.07, 6.45) is 9.06. The largest absolute Gasteiger partial charge is 0.477 e. The van der Waals surface area contributed by atoms with Gasteiger partial charge in [-0.25, -0.2) is 9.78 Å². The van der Waals surface area contributed by atoms with E-state index < -0.39 is 5.97 Å². The van der Waals surface area contributed by atoms with Crippen molar-refractivity contribution >= 4 is 35.8 Å². The molecule has 2 aromatic rings. The number of piperazine rings is 1. The van der Waals surface area contributed by atoms with Crippen LogP contribution in [0, 0.1) is 0 Å². The maximum atomic E-state index is 11.6. The minimum Gasteiger partial charge on any atom is -0.477 e. The van der Waals surface area contributed by atoms with Gasteiger partial charge in [0.2, 0.25) is 5.95 Å². The van der Waals surface area contributed by atoms with Gasteiger partial charge in [-0.3, -0.25) is 9.58 Å². The van der Waals surface area contributed by atoms with Gasteiger partial charge in [-0.2, -0.15) is 10.1 Å². The van der Waals surface area contributed by atoms with Gasteiger partial charge >= 0.3 is 5.97 Å². The summed E-state index contributed by atoms with van der Waals surface area (Å²) in [6, 6.07) is 0.843. The number of nitrogens with one attached hydrogen (secondary N) is 3. The van der Waals surface area contributed by atoms with E-state index in [0.717, 1.165) is 57.5 Å². The van der Waals surface area contributed by atoms with Crippen molar-refractivity contribution in [2.45, 2.75) is 37.8 Å². The normalized spacial score (nSPS) is 22.2. The van der Waals surface area contributed by atoms with Crippen LogP contribution in [-0.2, 0) is 7.05 Å². The van der Waals surface area contributed by atoms with E-state index >= 15 is 0 Å². The third-order valence-electron chi connectivity index (χ3n) is 5.69. The Hall–Kier alpha value is -2.43. The Morgan fingerprint density at radius 3 is 2.57 bits per heavy atom. The fraction of sp³-hybridized carbons (Fsp3) is 0.579. The molecule has 2 aromatic heterocycles. The Morgan fingerprint density at radius 1 is 1.20 bits per heavy atom. The van der Waals surface area contributed by atoms with Gasteiger partial charge in [0.25, 0.3) is 0 Å². The van der Waals surface area contributed by atoms with Crippen molar-refractivity contribution in [2.75, 3.05) is 36.8 Å². The fourth-order valence-corrected chi connectivity index (χ4v) is 4.15. The Labute approximate surface area is 181 Å². The minimum atomic E-state index is -1.03. The number of hydrogen-bond donors (Lipinski definition) is 4. The quantitative estimate of drug-likeness (QED) is 0.536. The molecule has 0 atom stereocenters. The number of aromatic nitrogens is 4. The SMILES string of the molecule is Cl.Cn1cc(Nc2ncc(C(=O)O)c(NC3CCC(N4CCNCC4)CC3)n2)cn1. The van der Waals surface area contributed by atoms with Crippen LogP contribution in [0.15, 0.2) is 18.6 Å². The highest BCUT2D eigenvalue weighted by atomic mass is 35.5. The van der Waals surface area contributed by atoms with Crippen LogP contribution in [-0.4, -0.2) is 74.0 Å². The summed E-state index contributed by atoms with van der Waals surface area (Å²) in [5, 5.41) is 23.5. The van der Waals surface area contributed by atoms with Crippen molar-refractivity contribution in [1.29, 1.82) is 0 Å². The first-order valence-electron chi connectivity index (χ1n) is 10.2. The number of rotatable bonds is 6. The third-order valence-corrected chi connectivity index (χ3v) is 5.69. The Morgan fingerprint density at radius 2 is 1.93 bits per heavy atom. The lowest BCUT2D eigenvalue weighted by Crippen LogP contribution is -2.50. The summed E-state index contributed by atoms with van der Waals surface area (Å²) in [6.45, 7) is 4.35. The molecule has 164 valence electrons. The molecule has 1 aliphatic heterocycles. The molecule has 1 saturated heterocycles. The highest BCUT2D eigenvalue weighted by Crippen LogP contribution is 2.27. The van der Waals surface area contributed by atoms with Gasteiger partial charge in [0.15, 0.2) is 0 Å². The summed E-state index contributed by atoms with van der Waals surface area (Å²) >= 11 is 0. The van der Waals surface area contributed by atoms with E-state index in [4.69, 9.17) is 0 Å². The van der Waals surface area contributed by atoms with E-state index in [1.165, 1.54) is 6.20 Å². The molecule has 0 aromatic carbocycles. The topological polar surface area (TPSA) is 120 Å². The molecule has 4 N–H and O–H groups in total. The number of aryl methyl sites for hydroxylation is 1. The van der Waals surface area contributed by atoms with Crippen LogP contribution in [0.25, 0.3) is 0 Å². The van der Waals surface area contributed by atoms with E-state index in [0.29, 0.717) is 17.8 Å². The number of carboxylic acids is 1. The summed E-state index contributed by atoms with van der Waals surface area (Å²) in [5.74, 6) is -0.320. The molecule has 1 aliphatic carbocycles. The van der Waals surface area contributed by atoms with Crippen LogP contribution >= 0.6 is 12.4 Å². The van der Waals surface area contributed by atoms with Crippen LogP contribution < -0.4 is 16.0 Å². The number of carboxylic acid groups (broad SMARTS) is 1. The zero-order valence-electron chi connectivity index (χ0n) is 17.0. The average molecular weight is 437 g/mol. The van der Waals surface area contributed by atoms with Crippen molar-refractivity contribution in [1.82, 2.24) is 30.0 Å². The maximum Gasteiger partial charge on any atom is 0.341 e. The summed E-state index contributed by atoms with van der Waals surface area (Å²) in [4.78, 5) is 22.8. The van der Waals surface area contributed by atoms with Crippen molar-refractivity contribution in [2.24, 2.45) is 7.05 Å². The highest BCUT2D eigenvalue weighted by molar-refractivity contribution is 5.93.